The number of halogens is 6. The van der Waals surface area contributed by atoms with E-state index in [4.69, 9.17) is 0 Å². The number of rotatable bonds is 2. The zero-order valence-corrected chi connectivity index (χ0v) is 15.4. The van der Waals surface area contributed by atoms with Crippen molar-refractivity contribution in [1.29, 1.82) is 0 Å². The van der Waals surface area contributed by atoms with Crippen LogP contribution < -0.4 is 0 Å². The molecule has 0 atom stereocenters. The van der Waals surface area contributed by atoms with Gasteiger partial charge >= 0.3 is 50.1 Å². The second-order valence-corrected chi connectivity index (χ2v) is 6.99. The van der Waals surface area contributed by atoms with E-state index in [9.17, 15) is 25.2 Å². The molecule has 26 heavy (non-hydrogen) atoms. The maximum Gasteiger partial charge on any atom is 2.00 e. The van der Waals surface area contributed by atoms with Gasteiger partial charge in [0.05, 0.1) is 0 Å². The van der Waals surface area contributed by atoms with Crippen LogP contribution in [-0.4, -0.2) is 0 Å². The number of hydrogen-bond donors (Lipinski definition) is 0. The Bertz CT molecular complexity index is 554. The second-order valence-electron chi connectivity index (χ2n) is 5.07. The molecule has 0 aliphatic heterocycles. The van der Waals surface area contributed by atoms with Gasteiger partial charge in [0.25, 0.3) is 0 Å². The van der Waals surface area contributed by atoms with Crippen LogP contribution in [0.4, 0.5) is 25.2 Å². The van der Waals surface area contributed by atoms with Crippen LogP contribution >= 0.6 is 7.81 Å². The Morgan fingerprint density at radius 3 is 0.962 bits per heavy atom. The van der Waals surface area contributed by atoms with Crippen LogP contribution in [0.5, 0.6) is 0 Å². The summed E-state index contributed by atoms with van der Waals surface area (Å²) in [6.07, 6.45) is 11.0. The van der Waals surface area contributed by atoms with Crippen LogP contribution in [0.3, 0.4) is 0 Å². The van der Waals surface area contributed by atoms with Gasteiger partial charge in [-0.25, -0.2) is 0 Å². The molecule has 8 heteroatoms. The van der Waals surface area contributed by atoms with E-state index in [-0.39, 0.29) is 17.1 Å². The third-order valence-corrected chi connectivity index (χ3v) is 2.65. The van der Waals surface area contributed by atoms with E-state index in [2.05, 4.69) is 60.7 Å². The SMILES string of the molecule is F[P-](F)(F)(F)(F)F.[CH]1[CH][CH][CH][CH]1.[Fe+2].c1ccc(Cc2ccccc2)cc1. The van der Waals surface area contributed by atoms with E-state index in [1.54, 1.807) is 0 Å². The van der Waals surface area contributed by atoms with Crippen LogP contribution in [0.2, 0.25) is 0 Å². The van der Waals surface area contributed by atoms with Crippen LogP contribution in [-0.2, 0) is 23.5 Å². The molecule has 0 aromatic heterocycles. The molecule has 0 unspecified atom stereocenters. The average Bonchev–Trinajstić information content (AvgIpc) is 3.05. The van der Waals surface area contributed by atoms with Crippen LogP contribution in [0.15, 0.2) is 60.7 Å². The monoisotopic (exact) mass is 434 g/mol. The zero-order valence-electron chi connectivity index (χ0n) is 13.4. The summed E-state index contributed by atoms with van der Waals surface area (Å²) in [4.78, 5) is 0. The Labute approximate surface area is 160 Å². The van der Waals surface area contributed by atoms with Gasteiger partial charge in [-0.05, 0) is 49.7 Å². The van der Waals surface area contributed by atoms with Crippen LogP contribution in [0.1, 0.15) is 11.1 Å². The minimum absolute atomic E-state index is 0. The van der Waals surface area contributed by atoms with Gasteiger partial charge in [0.2, 0.25) is 0 Å². The van der Waals surface area contributed by atoms with Crippen molar-refractivity contribution in [3.63, 3.8) is 0 Å². The summed E-state index contributed by atoms with van der Waals surface area (Å²) in [5.41, 5.74) is 2.74. The number of benzene rings is 2. The fraction of sp³-hybridized carbons (Fsp3) is 0.0556. The molecular weight excluding hydrogens is 417 g/mol. The summed E-state index contributed by atoms with van der Waals surface area (Å²) in [7, 11) is -10.7. The first-order valence-electron chi connectivity index (χ1n) is 7.21. The summed E-state index contributed by atoms with van der Waals surface area (Å²) in [5.74, 6) is 0. The maximum atomic E-state index is 9.87. The molecule has 1 saturated carbocycles. The van der Waals surface area contributed by atoms with Crippen molar-refractivity contribution in [2.24, 2.45) is 0 Å². The van der Waals surface area contributed by atoms with Crippen molar-refractivity contribution in [2.75, 3.05) is 0 Å². The normalized spacial score (nSPS) is 15.8. The molecule has 0 saturated heterocycles. The standard InChI is InChI=1S/C13H12.C5H5.F6P.Fe/c1-3-7-12(8-4-1)11-13-9-5-2-6-10-13;1-2-4-5-3-1;1-7(2,3,4,5)6;/h1-10H,11H2;1-5H;;/q;;-1;+2. The third-order valence-electron chi connectivity index (χ3n) is 2.65. The smallest absolute Gasteiger partial charge is 0.0622 e. The van der Waals surface area contributed by atoms with E-state index < -0.39 is 7.81 Å². The van der Waals surface area contributed by atoms with Gasteiger partial charge in [-0.2, -0.15) is 0 Å². The Morgan fingerprint density at radius 1 is 0.500 bits per heavy atom. The van der Waals surface area contributed by atoms with Crippen molar-refractivity contribution in [2.45, 2.75) is 6.42 Å². The van der Waals surface area contributed by atoms with Gasteiger partial charge in [-0.3, -0.25) is 0 Å². The molecule has 1 aliphatic carbocycles. The Balaban J connectivity index is 0.000000408. The van der Waals surface area contributed by atoms with Gasteiger partial charge in [-0.1, -0.05) is 60.7 Å². The molecule has 2 aromatic rings. The Morgan fingerprint density at radius 2 is 0.731 bits per heavy atom. The van der Waals surface area contributed by atoms with E-state index >= 15 is 0 Å². The van der Waals surface area contributed by atoms with Crippen LogP contribution in [0.25, 0.3) is 0 Å². The predicted octanol–water partition coefficient (Wildman–Crippen LogP) is 7.68. The molecule has 0 amide bonds. The molecule has 0 heterocycles. The molecule has 3 rings (SSSR count). The van der Waals surface area contributed by atoms with Gasteiger partial charge in [-0.15, -0.1) is 0 Å². The molecule has 1 fully saturated rings. The Kier molecular flexibility index (Phi) is 9.39. The molecule has 5 radical (unpaired) electrons. The fourth-order valence-corrected chi connectivity index (χ4v) is 1.75. The van der Waals surface area contributed by atoms with Gasteiger partial charge in [0.1, 0.15) is 0 Å². The van der Waals surface area contributed by atoms with Gasteiger partial charge < -0.3 is 0 Å². The van der Waals surface area contributed by atoms with Crippen molar-refractivity contribution in [1.82, 2.24) is 0 Å². The van der Waals surface area contributed by atoms with E-state index in [0.29, 0.717) is 0 Å². The van der Waals surface area contributed by atoms with Crippen molar-refractivity contribution >= 4 is 7.81 Å². The quantitative estimate of drug-likeness (QED) is 0.259. The van der Waals surface area contributed by atoms with Gasteiger partial charge in [0.15, 0.2) is 0 Å². The molecular formula is C18H17F6FeP+. The molecule has 0 spiro atoms. The van der Waals surface area contributed by atoms with E-state index in [1.165, 1.54) is 11.1 Å². The molecule has 0 bridgehead atoms. The predicted molar refractivity (Wildman–Crippen MR) is 90.8 cm³/mol. The van der Waals surface area contributed by atoms with Gasteiger partial charge in [0, 0.05) is 0 Å². The Hall–Kier alpha value is -1.03. The summed E-state index contributed by atoms with van der Waals surface area (Å²) in [5, 5.41) is 0. The van der Waals surface area contributed by atoms with E-state index in [1.807, 2.05) is 32.1 Å². The molecule has 2 aromatic carbocycles. The fourth-order valence-electron chi connectivity index (χ4n) is 1.75. The van der Waals surface area contributed by atoms with Crippen molar-refractivity contribution in [3.8, 4) is 0 Å². The molecule has 0 nitrogen and oxygen atoms in total. The third kappa shape index (κ3) is 19.3. The summed E-state index contributed by atoms with van der Waals surface area (Å²) in [6, 6.07) is 21.1. The molecule has 143 valence electrons. The summed E-state index contributed by atoms with van der Waals surface area (Å²) >= 11 is 0. The maximum absolute atomic E-state index is 10.7. The van der Waals surface area contributed by atoms with Crippen LogP contribution in [0, 0.1) is 32.1 Å². The second kappa shape index (κ2) is 9.77. The topological polar surface area (TPSA) is 0 Å². The largest absolute Gasteiger partial charge is 2.00 e. The van der Waals surface area contributed by atoms with Crippen molar-refractivity contribution < 1.29 is 42.3 Å². The number of hydrogen-bond acceptors (Lipinski definition) is 0. The first-order chi connectivity index (χ1) is 11.4. The first kappa shape index (κ1) is 25.0. The average molecular weight is 434 g/mol. The molecule has 1 aliphatic rings. The zero-order chi connectivity index (χ0) is 18.9. The molecule has 0 N–H and O–H groups in total. The minimum Gasteiger partial charge on any atom is -0.0622 e. The summed E-state index contributed by atoms with van der Waals surface area (Å²) in [6.45, 7) is 0. The minimum atomic E-state index is -10.7. The first-order valence-corrected chi connectivity index (χ1v) is 9.24. The summed E-state index contributed by atoms with van der Waals surface area (Å²) < 4.78 is 59.2. The van der Waals surface area contributed by atoms with E-state index in [0.717, 1.165) is 6.42 Å². The van der Waals surface area contributed by atoms with Crippen molar-refractivity contribution in [3.05, 3.63) is 104 Å².